The molecule has 5 nitrogen and oxygen atoms in total. The minimum absolute atomic E-state index is 0.0800. The number of carbonyl (C=O) groups excluding carboxylic acids is 1. The Kier molecular flexibility index (Phi) is 4.01. The Morgan fingerprint density at radius 3 is 2.58 bits per heavy atom. The van der Waals surface area contributed by atoms with E-state index in [4.69, 9.17) is 5.11 Å². The van der Waals surface area contributed by atoms with Crippen LogP contribution in [-0.2, 0) is 0 Å². The number of aromatic hydroxyl groups is 2. The number of phenols is 2. The van der Waals surface area contributed by atoms with Crippen molar-refractivity contribution in [3.8, 4) is 11.5 Å². The highest BCUT2D eigenvalue weighted by Crippen LogP contribution is 2.24. The fourth-order valence-electron chi connectivity index (χ4n) is 1.42. The van der Waals surface area contributed by atoms with Gasteiger partial charge in [0.25, 0.3) is 0 Å². The van der Waals surface area contributed by atoms with Gasteiger partial charge in [0.2, 0.25) is 0 Å². The number of thioether (sulfide) groups is 1. The Morgan fingerprint density at radius 2 is 1.95 bits per heavy atom. The summed E-state index contributed by atoms with van der Waals surface area (Å²) in [4.78, 5) is 20.1. The Bertz CT molecular complexity index is 599. The van der Waals surface area contributed by atoms with Gasteiger partial charge in [-0.05, 0) is 24.6 Å². The van der Waals surface area contributed by atoms with Gasteiger partial charge in [0, 0.05) is 18.5 Å². The first-order valence-corrected chi connectivity index (χ1v) is 6.51. The van der Waals surface area contributed by atoms with Gasteiger partial charge < -0.3 is 10.2 Å². The van der Waals surface area contributed by atoms with Crippen LogP contribution in [0.3, 0.4) is 0 Å². The molecule has 0 bridgehead atoms. The smallest absolute Gasteiger partial charge is 0.187 e. The highest BCUT2D eigenvalue weighted by Gasteiger charge is 2.12. The molecular formula is C13H12N2O3S. The summed E-state index contributed by atoms with van der Waals surface area (Å²) in [7, 11) is 0. The Labute approximate surface area is 114 Å². The van der Waals surface area contributed by atoms with Crippen LogP contribution in [0.4, 0.5) is 0 Å². The van der Waals surface area contributed by atoms with E-state index in [0.717, 1.165) is 11.6 Å². The molecule has 0 aliphatic rings. The number of benzene rings is 1. The van der Waals surface area contributed by atoms with E-state index < -0.39 is 0 Å². The number of Topliss-reactive ketones (excluding diaryl/α,β-unsaturated/α-hetero) is 1. The Balaban J connectivity index is 2.03. The number of nitrogens with zero attached hydrogens (tertiary/aromatic N) is 2. The van der Waals surface area contributed by atoms with Crippen LogP contribution < -0.4 is 0 Å². The lowest BCUT2D eigenvalue weighted by Crippen LogP contribution is -2.03. The maximum atomic E-state index is 11.9. The van der Waals surface area contributed by atoms with Crippen molar-refractivity contribution in [2.45, 2.75) is 12.1 Å². The molecule has 2 aromatic rings. The van der Waals surface area contributed by atoms with Crippen LogP contribution >= 0.6 is 11.8 Å². The molecule has 19 heavy (non-hydrogen) atoms. The molecule has 0 saturated carbocycles. The molecular weight excluding hydrogens is 264 g/mol. The maximum absolute atomic E-state index is 11.9. The zero-order valence-corrected chi connectivity index (χ0v) is 11.0. The lowest BCUT2D eigenvalue weighted by Gasteiger charge is -2.04. The molecule has 0 spiro atoms. The minimum atomic E-state index is -0.244. The van der Waals surface area contributed by atoms with Gasteiger partial charge in [-0.3, -0.25) is 4.79 Å². The quantitative estimate of drug-likeness (QED) is 0.506. The van der Waals surface area contributed by atoms with E-state index in [0.29, 0.717) is 5.16 Å². The van der Waals surface area contributed by atoms with Crippen molar-refractivity contribution >= 4 is 17.5 Å². The fourth-order valence-corrected chi connectivity index (χ4v) is 2.09. The summed E-state index contributed by atoms with van der Waals surface area (Å²) in [6.45, 7) is 1.88. The predicted octanol–water partition coefficient (Wildman–Crippen LogP) is 2.17. The zero-order chi connectivity index (χ0) is 13.8. The first kappa shape index (κ1) is 13.4. The van der Waals surface area contributed by atoms with Gasteiger partial charge in [0.05, 0.1) is 11.3 Å². The first-order chi connectivity index (χ1) is 9.06. The van der Waals surface area contributed by atoms with Gasteiger partial charge in [-0.1, -0.05) is 11.8 Å². The number of aryl methyl sites for hydroxylation is 1. The van der Waals surface area contributed by atoms with Gasteiger partial charge in [0.1, 0.15) is 11.5 Å². The van der Waals surface area contributed by atoms with E-state index >= 15 is 0 Å². The summed E-state index contributed by atoms with van der Waals surface area (Å²) in [6, 6.07) is 3.89. The molecule has 2 rings (SSSR count). The van der Waals surface area contributed by atoms with Crippen LogP contribution in [-0.4, -0.2) is 31.7 Å². The number of ketones is 1. The molecule has 0 aliphatic heterocycles. The normalized spacial score (nSPS) is 10.4. The van der Waals surface area contributed by atoms with Gasteiger partial charge in [-0.15, -0.1) is 0 Å². The molecule has 0 atom stereocenters. The average molecular weight is 276 g/mol. The highest BCUT2D eigenvalue weighted by molar-refractivity contribution is 7.99. The second-order valence-electron chi connectivity index (χ2n) is 3.96. The van der Waals surface area contributed by atoms with E-state index in [-0.39, 0.29) is 28.6 Å². The fraction of sp³-hybridized carbons (Fsp3) is 0.154. The first-order valence-electron chi connectivity index (χ1n) is 5.53. The molecule has 6 heteroatoms. The second-order valence-corrected chi connectivity index (χ2v) is 4.90. The lowest BCUT2D eigenvalue weighted by molar-refractivity contribution is 0.102. The molecule has 0 amide bonds. The van der Waals surface area contributed by atoms with E-state index in [9.17, 15) is 9.90 Å². The van der Waals surface area contributed by atoms with E-state index in [1.165, 1.54) is 23.9 Å². The van der Waals surface area contributed by atoms with Crippen molar-refractivity contribution < 1.29 is 15.0 Å². The molecule has 0 saturated heterocycles. The van der Waals surface area contributed by atoms with Gasteiger partial charge in [-0.2, -0.15) is 0 Å². The van der Waals surface area contributed by atoms with Crippen molar-refractivity contribution in [2.75, 3.05) is 5.75 Å². The summed E-state index contributed by atoms with van der Waals surface area (Å²) in [5.41, 5.74) is 1.13. The summed E-state index contributed by atoms with van der Waals surface area (Å²) in [5, 5.41) is 19.2. The van der Waals surface area contributed by atoms with Crippen LogP contribution in [0.5, 0.6) is 11.5 Å². The van der Waals surface area contributed by atoms with Crippen molar-refractivity contribution in [1.29, 1.82) is 0 Å². The lowest BCUT2D eigenvalue weighted by atomic mass is 10.1. The number of hydrogen-bond acceptors (Lipinski definition) is 6. The number of hydrogen-bond donors (Lipinski definition) is 2. The summed E-state index contributed by atoms with van der Waals surface area (Å²) >= 11 is 1.20. The molecule has 98 valence electrons. The largest absolute Gasteiger partial charge is 0.508 e. The standard InChI is InChI=1S/C13H12N2O3S/c1-8-5-14-13(15-6-8)19-7-12(18)10-3-2-9(16)4-11(10)17/h2-6,16-17H,7H2,1H3. The van der Waals surface area contributed by atoms with Crippen LogP contribution in [0.25, 0.3) is 0 Å². The van der Waals surface area contributed by atoms with Crippen molar-refractivity contribution in [3.05, 3.63) is 41.7 Å². The summed E-state index contributed by atoms with van der Waals surface area (Å²) in [6.07, 6.45) is 3.36. The zero-order valence-electron chi connectivity index (χ0n) is 10.2. The molecule has 0 unspecified atom stereocenters. The number of aromatic nitrogens is 2. The third kappa shape index (κ3) is 3.45. The molecule has 2 N–H and O–H groups in total. The predicted molar refractivity (Wildman–Crippen MR) is 71.6 cm³/mol. The van der Waals surface area contributed by atoms with Gasteiger partial charge in [-0.25, -0.2) is 9.97 Å². The topological polar surface area (TPSA) is 83.3 Å². The monoisotopic (exact) mass is 276 g/mol. The van der Waals surface area contributed by atoms with E-state index in [1.807, 2.05) is 6.92 Å². The van der Waals surface area contributed by atoms with Crippen molar-refractivity contribution in [3.63, 3.8) is 0 Å². The SMILES string of the molecule is Cc1cnc(SCC(=O)c2ccc(O)cc2O)nc1. The molecule has 0 aliphatic carbocycles. The third-order valence-corrected chi connectivity index (χ3v) is 3.25. The number of rotatable bonds is 4. The summed E-state index contributed by atoms with van der Waals surface area (Å²) < 4.78 is 0. The van der Waals surface area contributed by atoms with Crippen molar-refractivity contribution in [1.82, 2.24) is 9.97 Å². The maximum Gasteiger partial charge on any atom is 0.187 e. The minimum Gasteiger partial charge on any atom is -0.508 e. The highest BCUT2D eigenvalue weighted by atomic mass is 32.2. The van der Waals surface area contributed by atoms with Crippen molar-refractivity contribution in [2.24, 2.45) is 0 Å². The second kappa shape index (κ2) is 5.71. The van der Waals surface area contributed by atoms with Crippen LogP contribution in [0.1, 0.15) is 15.9 Å². The van der Waals surface area contributed by atoms with Gasteiger partial charge in [0.15, 0.2) is 10.9 Å². The van der Waals surface area contributed by atoms with E-state index in [1.54, 1.807) is 12.4 Å². The van der Waals surface area contributed by atoms with Crippen LogP contribution in [0.2, 0.25) is 0 Å². The Morgan fingerprint density at radius 1 is 1.26 bits per heavy atom. The molecule has 0 fully saturated rings. The average Bonchev–Trinajstić information content (AvgIpc) is 2.37. The number of phenolic OH excluding ortho intramolecular Hbond substituents is 2. The van der Waals surface area contributed by atoms with Crippen LogP contribution in [0.15, 0.2) is 35.7 Å². The van der Waals surface area contributed by atoms with E-state index in [2.05, 4.69) is 9.97 Å². The Hall–Kier alpha value is -2.08. The third-order valence-electron chi connectivity index (χ3n) is 2.37. The molecule has 1 aromatic carbocycles. The van der Waals surface area contributed by atoms with Gasteiger partial charge >= 0.3 is 0 Å². The molecule has 1 aromatic heterocycles. The molecule has 1 heterocycles. The van der Waals surface area contributed by atoms with Crippen LogP contribution in [0, 0.1) is 6.92 Å². The number of carbonyl (C=O) groups is 1. The molecule has 0 radical (unpaired) electrons. The summed E-state index contributed by atoms with van der Waals surface area (Å²) in [5.74, 6) is -0.424.